The van der Waals surface area contributed by atoms with Gasteiger partial charge in [-0.25, -0.2) is 0 Å². The van der Waals surface area contributed by atoms with Gasteiger partial charge in [-0.1, -0.05) is 61.3 Å². The van der Waals surface area contributed by atoms with E-state index in [-0.39, 0.29) is 30.3 Å². The highest BCUT2D eigenvalue weighted by Gasteiger charge is 2.52. The molecule has 0 radical (unpaired) electrons. The van der Waals surface area contributed by atoms with Crippen LogP contribution in [-0.4, -0.2) is 41.1 Å². The number of aliphatic carboxylic acids is 1. The third-order valence-electron chi connectivity index (χ3n) is 7.36. The molecule has 1 aliphatic carbocycles. The van der Waals surface area contributed by atoms with E-state index in [1.807, 2.05) is 53.4 Å². The molecule has 188 valence electrons. The van der Waals surface area contributed by atoms with Crippen LogP contribution in [0, 0.1) is 11.3 Å². The molecule has 4 atom stereocenters. The second kappa shape index (κ2) is 10.9. The summed E-state index contributed by atoms with van der Waals surface area (Å²) >= 11 is 12.6. The van der Waals surface area contributed by atoms with Crippen molar-refractivity contribution in [2.24, 2.45) is 11.3 Å². The Balaban J connectivity index is 1.81. The van der Waals surface area contributed by atoms with Crippen LogP contribution in [0.3, 0.4) is 0 Å². The Morgan fingerprint density at radius 1 is 1.14 bits per heavy atom. The normalized spacial score (nSPS) is 25.5. The fraction of sp³-hybridized carbons (Fsp3) is 0.500. The maximum atomic E-state index is 14.1. The molecule has 1 heterocycles. The summed E-state index contributed by atoms with van der Waals surface area (Å²) in [7, 11) is 0. The quantitative estimate of drug-likeness (QED) is 0.379. The minimum atomic E-state index is -1.05. The molecule has 0 spiro atoms. The van der Waals surface area contributed by atoms with Crippen molar-refractivity contribution in [2.75, 3.05) is 13.2 Å². The summed E-state index contributed by atoms with van der Waals surface area (Å²) in [4.78, 5) is 27.9. The zero-order chi connectivity index (χ0) is 25.2. The topological polar surface area (TPSA) is 66.8 Å². The molecule has 1 N–H and O–H groups in total. The summed E-state index contributed by atoms with van der Waals surface area (Å²) in [5.74, 6) is -0.642. The SMILES string of the molecule is CC[C@@H](COCC1CC1)N1C(=O)[C@@](C)(CC(=O)O)CC(c2cccc(Cl)c2)[C@H]1c1ccc(Cl)cc1. The molecule has 2 fully saturated rings. The van der Waals surface area contributed by atoms with E-state index >= 15 is 0 Å². The molecule has 1 unspecified atom stereocenters. The monoisotopic (exact) mass is 517 g/mol. The zero-order valence-electron chi connectivity index (χ0n) is 20.3. The number of hydrogen-bond donors (Lipinski definition) is 1. The lowest BCUT2D eigenvalue weighted by Crippen LogP contribution is -2.57. The second-order valence-corrected chi connectivity index (χ2v) is 11.1. The molecular formula is C28H33Cl2NO4. The fourth-order valence-corrected chi connectivity index (χ4v) is 5.66. The number of carbonyl (C=O) groups excluding carboxylic acids is 1. The van der Waals surface area contributed by atoms with Crippen molar-refractivity contribution >= 4 is 35.1 Å². The zero-order valence-corrected chi connectivity index (χ0v) is 21.8. The number of nitrogens with zero attached hydrogens (tertiary/aromatic N) is 1. The summed E-state index contributed by atoms with van der Waals surface area (Å²) in [6.07, 6.45) is 3.26. The molecule has 0 aromatic heterocycles. The van der Waals surface area contributed by atoms with Crippen LogP contribution in [0.25, 0.3) is 0 Å². The maximum Gasteiger partial charge on any atom is 0.304 e. The molecule has 0 bridgehead atoms. The standard InChI is InChI=1S/C28H33Cl2NO4/c1-3-23(17-35-16-18-7-8-18)31-26(19-9-11-21(29)12-10-19)24(20-5-4-6-22(30)13-20)14-28(2,27(31)34)15-25(32)33/h4-6,9-13,18,23-24,26H,3,7-8,14-17H2,1-2H3,(H,32,33)/t23-,24?,26+,28+/m0/s1. The number of likely N-dealkylation sites (tertiary alicyclic amines) is 1. The highest BCUT2D eigenvalue weighted by Crippen LogP contribution is 2.52. The van der Waals surface area contributed by atoms with Crippen molar-refractivity contribution in [1.29, 1.82) is 0 Å². The van der Waals surface area contributed by atoms with Crippen molar-refractivity contribution in [3.05, 3.63) is 69.7 Å². The maximum absolute atomic E-state index is 14.1. The first-order valence-corrected chi connectivity index (χ1v) is 13.1. The second-order valence-electron chi connectivity index (χ2n) is 10.2. The highest BCUT2D eigenvalue weighted by atomic mass is 35.5. The summed E-state index contributed by atoms with van der Waals surface area (Å²) in [5.41, 5.74) is 0.900. The molecule has 35 heavy (non-hydrogen) atoms. The molecule has 2 aromatic carbocycles. The lowest BCUT2D eigenvalue weighted by atomic mass is 9.67. The highest BCUT2D eigenvalue weighted by molar-refractivity contribution is 6.30. The predicted molar refractivity (Wildman–Crippen MR) is 138 cm³/mol. The Kier molecular flexibility index (Phi) is 8.09. The van der Waals surface area contributed by atoms with Gasteiger partial charge in [0, 0.05) is 22.6 Å². The van der Waals surface area contributed by atoms with E-state index < -0.39 is 11.4 Å². The average Bonchev–Trinajstić information content (AvgIpc) is 3.63. The van der Waals surface area contributed by atoms with Gasteiger partial charge in [-0.3, -0.25) is 9.59 Å². The van der Waals surface area contributed by atoms with Crippen molar-refractivity contribution in [3.63, 3.8) is 0 Å². The largest absolute Gasteiger partial charge is 0.481 e. The van der Waals surface area contributed by atoms with E-state index in [1.165, 1.54) is 12.8 Å². The Hall–Kier alpha value is -2.08. The van der Waals surface area contributed by atoms with Gasteiger partial charge in [0.25, 0.3) is 0 Å². The van der Waals surface area contributed by atoms with E-state index in [0.29, 0.717) is 42.0 Å². The number of piperidine rings is 1. The van der Waals surface area contributed by atoms with Crippen LogP contribution in [0.15, 0.2) is 48.5 Å². The third kappa shape index (κ3) is 6.02. The van der Waals surface area contributed by atoms with Crippen LogP contribution in [-0.2, 0) is 14.3 Å². The number of benzene rings is 2. The van der Waals surface area contributed by atoms with Crippen LogP contribution in [0.5, 0.6) is 0 Å². The summed E-state index contributed by atoms with van der Waals surface area (Å²) in [6.45, 7) is 4.96. The van der Waals surface area contributed by atoms with Crippen LogP contribution >= 0.6 is 23.2 Å². The summed E-state index contributed by atoms with van der Waals surface area (Å²) in [6, 6.07) is 14.8. The van der Waals surface area contributed by atoms with Gasteiger partial charge >= 0.3 is 5.97 Å². The van der Waals surface area contributed by atoms with E-state index in [4.69, 9.17) is 27.9 Å². The Bertz CT molecular complexity index is 1060. The summed E-state index contributed by atoms with van der Waals surface area (Å²) in [5, 5.41) is 11.0. The molecule has 1 saturated heterocycles. The molecule has 2 aliphatic rings. The Morgan fingerprint density at radius 2 is 1.86 bits per heavy atom. The summed E-state index contributed by atoms with van der Waals surface area (Å²) < 4.78 is 6.07. The first kappa shape index (κ1) is 26.0. The number of rotatable bonds is 10. The Labute approximate surface area is 217 Å². The molecular weight excluding hydrogens is 485 g/mol. The lowest BCUT2D eigenvalue weighted by molar-refractivity contribution is -0.162. The minimum Gasteiger partial charge on any atom is -0.481 e. The van der Waals surface area contributed by atoms with Gasteiger partial charge < -0.3 is 14.7 Å². The van der Waals surface area contributed by atoms with Crippen molar-refractivity contribution in [2.45, 2.75) is 64.0 Å². The number of carbonyl (C=O) groups is 2. The number of halogens is 2. The first-order valence-electron chi connectivity index (χ1n) is 12.3. The van der Waals surface area contributed by atoms with Gasteiger partial charge in [0.15, 0.2) is 0 Å². The molecule has 1 saturated carbocycles. The minimum absolute atomic E-state index is 0.139. The smallest absolute Gasteiger partial charge is 0.304 e. The number of hydrogen-bond acceptors (Lipinski definition) is 3. The van der Waals surface area contributed by atoms with Gasteiger partial charge in [0.05, 0.1) is 30.5 Å². The van der Waals surface area contributed by atoms with E-state index in [9.17, 15) is 14.7 Å². The van der Waals surface area contributed by atoms with E-state index in [1.54, 1.807) is 6.92 Å². The molecule has 5 nitrogen and oxygen atoms in total. The Morgan fingerprint density at radius 3 is 2.46 bits per heavy atom. The average molecular weight is 518 g/mol. The van der Waals surface area contributed by atoms with Crippen molar-refractivity contribution in [3.8, 4) is 0 Å². The van der Waals surface area contributed by atoms with Crippen LogP contribution < -0.4 is 0 Å². The molecule has 1 amide bonds. The number of ether oxygens (including phenoxy) is 1. The number of amides is 1. The van der Waals surface area contributed by atoms with Crippen LogP contribution in [0.1, 0.15) is 69.0 Å². The molecule has 2 aromatic rings. The van der Waals surface area contributed by atoms with Gasteiger partial charge in [-0.15, -0.1) is 0 Å². The van der Waals surface area contributed by atoms with E-state index in [0.717, 1.165) is 11.1 Å². The number of carboxylic acid groups (broad SMARTS) is 1. The van der Waals surface area contributed by atoms with E-state index in [2.05, 4.69) is 6.92 Å². The lowest BCUT2D eigenvalue weighted by Gasteiger charge is -2.51. The van der Waals surface area contributed by atoms with Crippen molar-refractivity contribution < 1.29 is 19.4 Å². The molecule has 4 rings (SSSR count). The predicted octanol–water partition coefficient (Wildman–Crippen LogP) is 6.74. The number of carboxylic acids is 1. The fourth-order valence-electron chi connectivity index (χ4n) is 5.33. The third-order valence-corrected chi connectivity index (χ3v) is 7.84. The van der Waals surface area contributed by atoms with Crippen LogP contribution in [0.2, 0.25) is 10.0 Å². The first-order chi connectivity index (χ1) is 16.7. The van der Waals surface area contributed by atoms with Gasteiger partial charge in [0.2, 0.25) is 5.91 Å². The van der Waals surface area contributed by atoms with Crippen molar-refractivity contribution in [1.82, 2.24) is 4.90 Å². The van der Waals surface area contributed by atoms with Gasteiger partial charge in [-0.2, -0.15) is 0 Å². The van der Waals surface area contributed by atoms with Crippen LogP contribution in [0.4, 0.5) is 0 Å². The molecule has 7 heteroatoms. The van der Waals surface area contributed by atoms with Gasteiger partial charge in [-0.05, 0) is 67.0 Å². The molecule has 1 aliphatic heterocycles. The van der Waals surface area contributed by atoms with Gasteiger partial charge in [0.1, 0.15) is 0 Å².